The summed E-state index contributed by atoms with van der Waals surface area (Å²) in [5.74, 6) is 0.190. The Morgan fingerprint density at radius 2 is 1.40 bits per heavy atom. The van der Waals surface area contributed by atoms with Gasteiger partial charge in [0, 0.05) is 40.9 Å². The average molecular weight is 539 g/mol. The fourth-order valence-electron chi connectivity index (χ4n) is 5.17. The van der Waals surface area contributed by atoms with Crippen LogP contribution in [0.3, 0.4) is 0 Å². The maximum Gasteiger partial charge on any atom is 0.261 e. The van der Waals surface area contributed by atoms with Gasteiger partial charge in [0.25, 0.3) is 17.7 Å². The smallest absolute Gasteiger partial charge is 0.261 e. The normalized spacial score (nSPS) is 12.4. The molecule has 8 nitrogen and oxygen atoms in total. The first kappa shape index (κ1) is 26.7. The second kappa shape index (κ2) is 11.1. The molecule has 0 fully saturated rings. The van der Waals surface area contributed by atoms with Crippen molar-refractivity contribution in [2.45, 2.75) is 13.3 Å². The van der Waals surface area contributed by atoms with Crippen molar-refractivity contribution in [2.75, 3.05) is 39.3 Å². The molecule has 0 unspecified atom stereocenters. The maximum absolute atomic E-state index is 13.9. The van der Waals surface area contributed by atoms with Crippen LogP contribution in [-0.4, -0.2) is 57.0 Å². The lowest BCUT2D eigenvalue weighted by atomic mass is 9.94. The van der Waals surface area contributed by atoms with Crippen LogP contribution in [0.2, 0.25) is 0 Å². The van der Waals surface area contributed by atoms with E-state index in [-0.39, 0.29) is 30.8 Å². The number of carbonyl (C=O) groups is 3. The summed E-state index contributed by atoms with van der Waals surface area (Å²) in [6, 6.07) is 21.8. The maximum atomic E-state index is 13.9. The third-order valence-corrected chi connectivity index (χ3v) is 7.09. The molecule has 5 rings (SSSR count). The lowest BCUT2D eigenvalue weighted by molar-refractivity contribution is 0.0610. The lowest BCUT2D eigenvalue weighted by Gasteiger charge is -2.29. The minimum absolute atomic E-state index is 0.160. The molecule has 0 N–H and O–H groups in total. The predicted molar refractivity (Wildman–Crippen MR) is 153 cm³/mol. The van der Waals surface area contributed by atoms with Crippen molar-refractivity contribution in [3.63, 3.8) is 0 Å². The highest BCUT2D eigenvalue weighted by molar-refractivity contribution is 6.25. The van der Waals surface area contributed by atoms with Gasteiger partial charge in [-0.2, -0.15) is 0 Å². The number of ether oxygens (including phenoxy) is 3. The summed E-state index contributed by atoms with van der Waals surface area (Å²) in [6.45, 7) is 2.38. The van der Waals surface area contributed by atoms with Gasteiger partial charge in [0.1, 0.15) is 0 Å². The molecule has 0 spiro atoms. The van der Waals surface area contributed by atoms with Crippen molar-refractivity contribution >= 4 is 34.2 Å². The number of benzene rings is 4. The summed E-state index contributed by atoms with van der Waals surface area (Å²) in [6.07, 6.45) is 0.375. The standard InChI is InChI=1S/C32H30N2O6/c1-20-9-5-12-23(17-20)33(30(35)22-18-26(38-2)29(40-4)27(19-22)39-3)15-8-16-34-31(36)24-13-6-10-21-11-7-14-25(28(21)24)32(34)37/h5-7,9-14,17-19H,8,15-16H2,1-4H3. The summed E-state index contributed by atoms with van der Waals surface area (Å²) in [5, 5.41) is 1.55. The van der Waals surface area contributed by atoms with Gasteiger partial charge in [-0.05, 0) is 60.7 Å². The minimum atomic E-state index is -0.327. The van der Waals surface area contributed by atoms with Crippen LogP contribution in [0.4, 0.5) is 5.69 Å². The number of methoxy groups -OCH3 is 3. The average Bonchev–Trinajstić information content (AvgIpc) is 2.98. The van der Waals surface area contributed by atoms with Crippen molar-refractivity contribution in [2.24, 2.45) is 0 Å². The molecule has 0 atom stereocenters. The van der Waals surface area contributed by atoms with Crippen LogP contribution in [0.5, 0.6) is 17.2 Å². The molecule has 1 aliphatic heterocycles. The first-order valence-electron chi connectivity index (χ1n) is 12.9. The minimum Gasteiger partial charge on any atom is -0.493 e. The fraction of sp³-hybridized carbons (Fsp3) is 0.219. The van der Waals surface area contributed by atoms with Gasteiger partial charge < -0.3 is 19.1 Å². The molecule has 0 radical (unpaired) electrons. The van der Waals surface area contributed by atoms with Crippen molar-refractivity contribution in [1.82, 2.24) is 4.90 Å². The van der Waals surface area contributed by atoms with E-state index in [1.807, 2.05) is 55.5 Å². The Labute approximate surface area is 232 Å². The molecule has 204 valence electrons. The van der Waals surface area contributed by atoms with E-state index in [0.717, 1.165) is 10.9 Å². The van der Waals surface area contributed by atoms with E-state index in [4.69, 9.17) is 14.2 Å². The largest absolute Gasteiger partial charge is 0.493 e. The molecule has 8 heteroatoms. The first-order chi connectivity index (χ1) is 19.4. The molecule has 0 aliphatic carbocycles. The molecule has 0 saturated carbocycles. The number of hydrogen-bond donors (Lipinski definition) is 0. The van der Waals surface area contributed by atoms with Gasteiger partial charge in [-0.25, -0.2) is 0 Å². The van der Waals surface area contributed by atoms with Gasteiger partial charge >= 0.3 is 0 Å². The van der Waals surface area contributed by atoms with E-state index in [0.29, 0.717) is 51.4 Å². The molecular formula is C32H30N2O6. The zero-order chi connectivity index (χ0) is 28.4. The molecule has 40 heavy (non-hydrogen) atoms. The van der Waals surface area contributed by atoms with Crippen molar-refractivity contribution in [3.8, 4) is 17.2 Å². The molecule has 0 bridgehead atoms. The van der Waals surface area contributed by atoms with Gasteiger partial charge in [-0.3, -0.25) is 19.3 Å². The molecule has 3 amide bonds. The molecule has 1 heterocycles. The molecular weight excluding hydrogens is 508 g/mol. The van der Waals surface area contributed by atoms with Crippen LogP contribution in [0.15, 0.2) is 72.8 Å². The summed E-state index contributed by atoms with van der Waals surface area (Å²) in [5.41, 5.74) is 3.06. The van der Waals surface area contributed by atoms with Gasteiger partial charge in [0.15, 0.2) is 11.5 Å². The number of carbonyl (C=O) groups excluding carboxylic acids is 3. The molecule has 1 aliphatic rings. The van der Waals surface area contributed by atoms with Crippen LogP contribution < -0.4 is 19.1 Å². The summed E-state index contributed by atoms with van der Waals surface area (Å²) in [4.78, 5) is 43.5. The van der Waals surface area contributed by atoms with Gasteiger partial charge in [0.05, 0.1) is 21.3 Å². The topological polar surface area (TPSA) is 85.4 Å². The number of aryl methyl sites for hydroxylation is 1. The monoisotopic (exact) mass is 538 g/mol. The Kier molecular flexibility index (Phi) is 7.42. The molecule has 0 saturated heterocycles. The number of nitrogens with zero attached hydrogens (tertiary/aromatic N) is 2. The summed E-state index contributed by atoms with van der Waals surface area (Å²) >= 11 is 0. The highest BCUT2D eigenvalue weighted by atomic mass is 16.5. The zero-order valence-electron chi connectivity index (χ0n) is 22.9. The fourth-order valence-corrected chi connectivity index (χ4v) is 5.17. The van der Waals surface area contributed by atoms with E-state index in [1.54, 1.807) is 29.2 Å². The van der Waals surface area contributed by atoms with Gasteiger partial charge in [-0.1, -0.05) is 36.4 Å². The first-order valence-corrected chi connectivity index (χ1v) is 12.9. The lowest BCUT2D eigenvalue weighted by Crippen LogP contribution is -2.42. The van der Waals surface area contributed by atoms with Crippen LogP contribution >= 0.6 is 0 Å². The highest BCUT2D eigenvalue weighted by Gasteiger charge is 2.32. The second-order valence-electron chi connectivity index (χ2n) is 9.53. The Hall–Kier alpha value is -4.85. The van der Waals surface area contributed by atoms with Crippen molar-refractivity contribution < 1.29 is 28.6 Å². The Bertz CT molecular complexity index is 1550. The molecule has 4 aromatic carbocycles. The van der Waals surface area contributed by atoms with Crippen molar-refractivity contribution in [3.05, 3.63) is 95.1 Å². The number of hydrogen-bond acceptors (Lipinski definition) is 6. The zero-order valence-corrected chi connectivity index (χ0v) is 22.9. The predicted octanol–water partition coefficient (Wildman–Crippen LogP) is 5.51. The van der Waals surface area contributed by atoms with Gasteiger partial charge in [0.2, 0.25) is 5.75 Å². The van der Waals surface area contributed by atoms with E-state index in [9.17, 15) is 14.4 Å². The Morgan fingerprint density at radius 3 is 1.95 bits per heavy atom. The third-order valence-electron chi connectivity index (χ3n) is 7.09. The third kappa shape index (κ3) is 4.73. The Balaban J connectivity index is 1.43. The Morgan fingerprint density at radius 1 is 0.800 bits per heavy atom. The summed E-state index contributed by atoms with van der Waals surface area (Å²) < 4.78 is 16.3. The van der Waals surface area contributed by atoms with Crippen LogP contribution in [0, 0.1) is 6.92 Å². The number of anilines is 1. The van der Waals surface area contributed by atoms with Crippen LogP contribution in [0.25, 0.3) is 10.8 Å². The summed E-state index contributed by atoms with van der Waals surface area (Å²) in [7, 11) is 4.49. The SMILES string of the molecule is COc1cc(C(=O)N(CCCN2C(=O)c3cccc4cccc(c34)C2=O)c2cccc(C)c2)cc(OC)c1OC. The molecule has 4 aromatic rings. The number of rotatable bonds is 9. The van der Waals surface area contributed by atoms with Crippen LogP contribution in [0.1, 0.15) is 43.1 Å². The van der Waals surface area contributed by atoms with Crippen molar-refractivity contribution in [1.29, 1.82) is 0 Å². The van der Waals surface area contributed by atoms with E-state index in [1.165, 1.54) is 26.2 Å². The number of imide groups is 1. The number of amides is 3. The second-order valence-corrected chi connectivity index (χ2v) is 9.53. The van der Waals surface area contributed by atoms with E-state index >= 15 is 0 Å². The van der Waals surface area contributed by atoms with E-state index in [2.05, 4.69) is 0 Å². The van der Waals surface area contributed by atoms with E-state index < -0.39 is 0 Å². The van der Waals surface area contributed by atoms with Crippen LogP contribution in [-0.2, 0) is 0 Å². The highest BCUT2D eigenvalue weighted by Crippen LogP contribution is 2.39. The quantitative estimate of drug-likeness (QED) is 0.262. The molecule has 0 aromatic heterocycles. The van der Waals surface area contributed by atoms with Gasteiger partial charge in [-0.15, -0.1) is 0 Å².